The second-order valence-corrected chi connectivity index (χ2v) is 7.09. The van der Waals surface area contributed by atoms with Gasteiger partial charge in [-0.25, -0.2) is 4.39 Å². The van der Waals surface area contributed by atoms with Gasteiger partial charge in [0.15, 0.2) is 11.5 Å². The summed E-state index contributed by atoms with van der Waals surface area (Å²) in [7, 11) is 1.56. The van der Waals surface area contributed by atoms with E-state index in [1.54, 1.807) is 24.1 Å². The van der Waals surface area contributed by atoms with E-state index in [2.05, 4.69) is 4.98 Å². The van der Waals surface area contributed by atoms with Crippen LogP contribution in [0.2, 0.25) is 0 Å². The number of benzene rings is 2. The molecule has 1 unspecified atom stereocenters. The predicted octanol–water partition coefficient (Wildman–Crippen LogP) is 3.68. The van der Waals surface area contributed by atoms with Crippen LogP contribution in [-0.4, -0.2) is 31.2 Å². The van der Waals surface area contributed by atoms with Crippen molar-refractivity contribution < 1.29 is 23.4 Å². The highest BCUT2D eigenvalue weighted by Crippen LogP contribution is 2.47. The molecule has 1 aromatic heterocycles. The number of hydrogen-bond donors (Lipinski definition) is 0. The number of aromatic nitrogens is 1. The molecule has 6 nitrogen and oxygen atoms in total. The number of rotatable bonds is 4. The molecular weight excluding hydrogens is 387 g/mol. The van der Waals surface area contributed by atoms with Gasteiger partial charge in [-0.15, -0.1) is 0 Å². The summed E-state index contributed by atoms with van der Waals surface area (Å²) in [5.41, 5.74) is 2.46. The first-order chi connectivity index (χ1) is 14.7. The van der Waals surface area contributed by atoms with Crippen molar-refractivity contribution in [1.82, 2.24) is 4.98 Å². The Morgan fingerprint density at radius 2 is 1.87 bits per heavy atom. The first kappa shape index (κ1) is 18.4. The molecule has 0 radical (unpaired) electrons. The molecule has 30 heavy (non-hydrogen) atoms. The number of nitrogens with zero attached hydrogens (tertiary/aromatic N) is 2. The fourth-order valence-corrected chi connectivity index (χ4v) is 4.02. The van der Waals surface area contributed by atoms with Crippen LogP contribution in [0.1, 0.15) is 22.7 Å². The van der Waals surface area contributed by atoms with Gasteiger partial charge in [0.2, 0.25) is 5.91 Å². The Hall–Kier alpha value is -3.61. The number of ether oxygens (including phenoxy) is 3. The Bertz CT molecular complexity index is 1130. The molecule has 2 aliphatic rings. The van der Waals surface area contributed by atoms with Crippen LogP contribution in [-0.2, 0) is 11.3 Å². The molecule has 3 aromatic rings. The molecule has 2 aliphatic heterocycles. The molecule has 152 valence electrons. The van der Waals surface area contributed by atoms with E-state index in [9.17, 15) is 9.18 Å². The van der Waals surface area contributed by atoms with E-state index in [1.807, 2.05) is 24.3 Å². The van der Waals surface area contributed by atoms with Crippen molar-refractivity contribution in [2.75, 3.05) is 25.2 Å². The third-order valence-electron chi connectivity index (χ3n) is 5.40. The Morgan fingerprint density at radius 1 is 1.10 bits per heavy atom. The van der Waals surface area contributed by atoms with Crippen molar-refractivity contribution >= 4 is 11.6 Å². The molecule has 0 bridgehead atoms. The first-order valence-electron chi connectivity index (χ1n) is 9.64. The zero-order valence-electron chi connectivity index (χ0n) is 16.3. The Kier molecular flexibility index (Phi) is 4.50. The summed E-state index contributed by atoms with van der Waals surface area (Å²) < 4.78 is 31.2. The van der Waals surface area contributed by atoms with Crippen LogP contribution in [0.15, 0.2) is 54.7 Å². The van der Waals surface area contributed by atoms with Gasteiger partial charge in [-0.05, 0) is 29.8 Å². The fraction of sp³-hybridized carbons (Fsp3) is 0.217. The van der Waals surface area contributed by atoms with Gasteiger partial charge in [-0.3, -0.25) is 9.78 Å². The molecule has 0 fully saturated rings. The number of methoxy groups -OCH3 is 1. The van der Waals surface area contributed by atoms with Gasteiger partial charge in [0.25, 0.3) is 0 Å². The molecule has 0 saturated carbocycles. The van der Waals surface area contributed by atoms with E-state index >= 15 is 0 Å². The summed E-state index contributed by atoms with van der Waals surface area (Å²) in [4.78, 5) is 19.2. The molecule has 5 rings (SSSR count). The van der Waals surface area contributed by atoms with Crippen LogP contribution in [0.4, 0.5) is 10.1 Å². The molecule has 0 aliphatic carbocycles. The fourth-order valence-electron chi connectivity index (χ4n) is 4.02. The van der Waals surface area contributed by atoms with Crippen LogP contribution in [0, 0.1) is 5.82 Å². The van der Waals surface area contributed by atoms with Gasteiger partial charge in [0, 0.05) is 23.5 Å². The van der Waals surface area contributed by atoms with E-state index in [0.717, 1.165) is 11.3 Å². The van der Waals surface area contributed by atoms with Gasteiger partial charge in [-0.2, -0.15) is 0 Å². The van der Waals surface area contributed by atoms with Crippen LogP contribution in [0.25, 0.3) is 0 Å². The van der Waals surface area contributed by atoms with E-state index in [-0.39, 0.29) is 18.1 Å². The summed E-state index contributed by atoms with van der Waals surface area (Å²) in [5, 5.41) is 0. The lowest BCUT2D eigenvalue weighted by Gasteiger charge is -2.23. The summed E-state index contributed by atoms with van der Waals surface area (Å²) in [5.74, 6) is 0.501. The number of anilines is 1. The van der Waals surface area contributed by atoms with Crippen LogP contribution >= 0.6 is 0 Å². The summed E-state index contributed by atoms with van der Waals surface area (Å²) in [6.45, 7) is 0.953. The average molecular weight is 406 g/mol. The number of fused-ring (bicyclic) bond motifs is 2. The number of hydrogen-bond acceptors (Lipinski definition) is 5. The van der Waals surface area contributed by atoms with Gasteiger partial charge >= 0.3 is 0 Å². The Balaban J connectivity index is 1.60. The topological polar surface area (TPSA) is 60.9 Å². The Morgan fingerprint density at radius 3 is 2.63 bits per heavy atom. The molecular formula is C23H19FN2O4. The van der Waals surface area contributed by atoms with Gasteiger partial charge in [-0.1, -0.05) is 18.2 Å². The smallest absolute Gasteiger partial charge is 0.239 e. The second kappa shape index (κ2) is 7.33. The quantitative estimate of drug-likeness (QED) is 0.662. The normalized spacial score (nSPS) is 17.1. The maximum Gasteiger partial charge on any atom is 0.239 e. The van der Waals surface area contributed by atoms with Crippen molar-refractivity contribution in [3.8, 4) is 17.2 Å². The van der Waals surface area contributed by atoms with E-state index in [4.69, 9.17) is 14.2 Å². The van der Waals surface area contributed by atoms with Crippen molar-refractivity contribution in [2.45, 2.75) is 12.5 Å². The SMILES string of the molecule is COc1cc2c(cc1C1C(=O)N(Cc3ncccc3F)c3ccccc31)OCCO2. The zero-order chi connectivity index (χ0) is 20.7. The van der Waals surface area contributed by atoms with Crippen LogP contribution in [0.5, 0.6) is 17.2 Å². The van der Waals surface area contributed by atoms with Crippen LogP contribution < -0.4 is 19.1 Å². The highest BCUT2D eigenvalue weighted by molar-refractivity contribution is 6.07. The van der Waals surface area contributed by atoms with Crippen molar-refractivity contribution in [3.63, 3.8) is 0 Å². The van der Waals surface area contributed by atoms with Crippen molar-refractivity contribution in [1.29, 1.82) is 0 Å². The summed E-state index contributed by atoms with van der Waals surface area (Å²) >= 11 is 0. The minimum Gasteiger partial charge on any atom is -0.496 e. The average Bonchev–Trinajstić information content (AvgIpc) is 3.05. The lowest BCUT2D eigenvalue weighted by atomic mass is 9.91. The Labute approximate surface area is 172 Å². The second-order valence-electron chi connectivity index (χ2n) is 7.09. The highest BCUT2D eigenvalue weighted by Gasteiger charge is 2.40. The van der Waals surface area contributed by atoms with Crippen molar-refractivity contribution in [2.24, 2.45) is 0 Å². The molecule has 2 aromatic carbocycles. The summed E-state index contributed by atoms with van der Waals surface area (Å²) in [6, 6.07) is 13.9. The number of amides is 1. The van der Waals surface area contributed by atoms with Crippen LogP contribution in [0.3, 0.4) is 0 Å². The minimum atomic E-state index is -0.598. The monoisotopic (exact) mass is 406 g/mol. The first-order valence-corrected chi connectivity index (χ1v) is 9.64. The number of para-hydroxylation sites is 1. The largest absolute Gasteiger partial charge is 0.496 e. The van der Waals surface area contributed by atoms with E-state index in [1.165, 1.54) is 18.3 Å². The molecule has 1 amide bonds. The maximum absolute atomic E-state index is 14.2. The van der Waals surface area contributed by atoms with E-state index in [0.29, 0.717) is 36.0 Å². The van der Waals surface area contributed by atoms with Gasteiger partial charge < -0.3 is 19.1 Å². The predicted molar refractivity (Wildman–Crippen MR) is 108 cm³/mol. The molecule has 7 heteroatoms. The summed E-state index contributed by atoms with van der Waals surface area (Å²) in [6.07, 6.45) is 1.52. The van der Waals surface area contributed by atoms with Gasteiger partial charge in [0.05, 0.1) is 25.3 Å². The van der Waals surface area contributed by atoms with Gasteiger partial charge in [0.1, 0.15) is 24.8 Å². The molecule has 0 spiro atoms. The zero-order valence-corrected chi connectivity index (χ0v) is 16.3. The van der Waals surface area contributed by atoms with E-state index < -0.39 is 11.7 Å². The standard InChI is InChI=1S/C23H19FN2O4/c1-28-19-12-21-20(29-9-10-30-21)11-15(19)22-14-5-2-3-7-18(14)26(23(22)27)13-17-16(24)6-4-8-25-17/h2-8,11-12,22H,9-10,13H2,1H3. The minimum absolute atomic E-state index is 0.0475. The number of carbonyl (C=O) groups is 1. The third-order valence-corrected chi connectivity index (χ3v) is 5.40. The molecule has 0 saturated heterocycles. The molecule has 1 atom stereocenters. The lowest BCUT2D eigenvalue weighted by Crippen LogP contribution is -2.29. The number of carbonyl (C=O) groups excluding carboxylic acids is 1. The maximum atomic E-state index is 14.2. The number of halogens is 1. The third kappa shape index (κ3) is 2.94. The van der Waals surface area contributed by atoms with Crippen molar-refractivity contribution in [3.05, 3.63) is 77.4 Å². The lowest BCUT2D eigenvalue weighted by molar-refractivity contribution is -0.118. The molecule has 0 N–H and O–H groups in total. The molecule has 3 heterocycles. The highest BCUT2D eigenvalue weighted by atomic mass is 19.1. The number of pyridine rings is 1.